The SMILES string of the molecule is CC(C)C1CN(I)CCC2(CCC2)C1. The largest absolute Gasteiger partial charge is 0.247 e. The Labute approximate surface area is 102 Å². The molecule has 0 amide bonds. The summed E-state index contributed by atoms with van der Waals surface area (Å²) in [6.45, 7) is 7.43. The summed E-state index contributed by atoms with van der Waals surface area (Å²) in [6, 6.07) is 0. The highest BCUT2D eigenvalue weighted by molar-refractivity contribution is 14.1. The summed E-state index contributed by atoms with van der Waals surface area (Å²) in [5.41, 5.74) is 0.773. The van der Waals surface area contributed by atoms with Gasteiger partial charge in [-0.1, -0.05) is 20.3 Å². The molecule has 1 saturated heterocycles. The molecule has 0 radical (unpaired) electrons. The summed E-state index contributed by atoms with van der Waals surface area (Å²) in [4.78, 5) is 0. The molecule has 1 nitrogen and oxygen atoms in total. The van der Waals surface area contributed by atoms with E-state index in [1.807, 2.05) is 0 Å². The Morgan fingerprint density at radius 3 is 2.50 bits per heavy atom. The third-order valence-corrected chi connectivity index (χ3v) is 5.25. The molecule has 2 heteroatoms. The smallest absolute Gasteiger partial charge is 0.0201 e. The highest BCUT2D eigenvalue weighted by Crippen LogP contribution is 2.51. The van der Waals surface area contributed by atoms with Crippen molar-refractivity contribution in [3.63, 3.8) is 0 Å². The van der Waals surface area contributed by atoms with Gasteiger partial charge in [0.05, 0.1) is 0 Å². The molecule has 0 aromatic carbocycles. The lowest BCUT2D eigenvalue weighted by molar-refractivity contribution is 0.0858. The normalized spacial score (nSPS) is 33.0. The number of hydrogen-bond acceptors (Lipinski definition) is 1. The second-order valence-corrected chi connectivity index (χ2v) is 7.05. The lowest BCUT2D eigenvalue weighted by Crippen LogP contribution is -2.32. The topological polar surface area (TPSA) is 3.24 Å². The molecule has 14 heavy (non-hydrogen) atoms. The average Bonchev–Trinajstić information content (AvgIpc) is 2.23. The van der Waals surface area contributed by atoms with Crippen LogP contribution >= 0.6 is 22.9 Å². The molecule has 1 aliphatic carbocycles. The number of rotatable bonds is 1. The van der Waals surface area contributed by atoms with E-state index in [0.29, 0.717) is 0 Å². The Morgan fingerprint density at radius 1 is 1.29 bits per heavy atom. The maximum Gasteiger partial charge on any atom is 0.0201 e. The maximum atomic E-state index is 2.52. The summed E-state index contributed by atoms with van der Waals surface area (Å²) in [6.07, 6.45) is 7.48. The minimum atomic E-state index is 0.773. The van der Waals surface area contributed by atoms with Crippen molar-refractivity contribution in [3.8, 4) is 0 Å². The Kier molecular flexibility index (Phi) is 3.42. The van der Waals surface area contributed by atoms with Crippen molar-refractivity contribution in [2.24, 2.45) is 17.3 Å². The Bertz CT molecular complexity index is 198. The van der Waals surface area contributed by atoms with Crippen LogP contribution in [0.15, 0.2) is 0 Å². The molecule has 2 rings (SSSR count). The van der Waals surface area contributed by atoms with Gasteiger partial charge in [-0.05, 0) is 42.9 Å². The van der Waals surface area contributed by atoms with E-state index in [1.165, 1.54) is 45.2 Å². The standard InChI is InChI=1S/C12H22IN/c1-10(2)11-8-12(4-3-5-12)6-7-14(13)9-11/h10-11H,3-9H2,1-2H3. The van der Waals surface area contributed by atoms with Gasteiger partial charge in [0.2, 0.25) is 0 Å². The monoisotopic (exact) mass is 307 g/mol. The van der Waals surface area contributed by atoms with Crippen LogP contribution in [0.5, 0.6) is 0 Å². The van der Waals surface area contributed by atoms with Crippen LogP contribution < -0.4 is 0 Å². The molecule has 1 aliphatic heterocycles. The van der Waals surface area contributed by atoms with E-state index in [4.69, 9.17) is 0 Å². The molecule has 0 bridgehead atoms. The lowest BCUT2D eigenvalue weighted by atomic mass is 9.62. The first-order valence-corrected chi connectivity index (χ1v) is 6.99. The van der Waals surface area contributed by atoms with Crippen LogP contribution in [0.4, 0.5) is 0 Å². The molecule has 0 N–H and O–H groups in total. The van der Waals surface area contributed by atoms with Gasteiger partial charge in [-0.3, -0.25) is 0 Å². The van der Waals surface area contributed by atoms with Gasteiger partial charge in [-0.25, -0.2) is 3.11 Å². The fraction of sp³-hybridized carbons (Fsp3) is 1.00. The van der Waals surface area contributed by atoms with Gasteiger partial charge >= 0.3 is 0 Å². The highest BCUT2D eigenvalue weighted by atomic mass is 127. The van der Waals surface area contributed by atoms with Crippen LogP contribution in [0, 0.1) is 17.3 Å². The molecule has 1 spiro atoms. The van der Waals surface area contributed by atoms with Gasteiger partial charge in [-0.15, -0.1) is 0 Å². The first-order chi connectivity index (χ1) is 6.61. The minimum Gasteiger partial charge on any atom is -0.247 e. The van der Waals surface area contributed by atoms with Crippen LogP contribution in [0.3, 0.4) is 0 Å². The van der Waals surface area contributed by atoms with Crippen LogP contribution in [-0.2, 0) is 0 Å². The summed E-state index contributed by atoms with van der Waals surface area (Å²) in [5, 5.41) is 0. The molecule has 2 aliphatic rings. The number of halogens is 1. The molecule has 2 fully saturated rings. The van der Waals surface area contributed by atoms with Gasteiger partial charge < -0.3 is 0 Å². The molecule has 1 unspecified atom stereocenters. The van der Waals surface area contributed by atoms with Crippen LogP contribution in [0.25, 0.3) is 0 Å². The summed E-state index contributed by atoms with van der Waals surface area (Å²) in [5.74, 6) is 1.80. The van der Waals surface area contributed by atoms with Gasteiger partial charge in [0, 0.05) is 36.0 Å². The quantitative estimate of drug-likeness (QED) is 0.525. The number of hydrogen-bond donors (Lipinski definition) is 0. The van der Waals surface area contributed by atoms with E-state index in [0.717, 1.165) is 17.3 Å². The lowest BCUT2D eigenvalue weighted by Gasteiger charge is -2.43. The molecule has 0 aromatic rings. The molecular formula is C12H22IN. The van der Waals surface area contributed by atoms with Gasteiger partial charge in [0.15, 0.2) is 0 Å². The zero-order valence-corrected chi connectivity index (χ0v) is 11.6. The van der Waals surface area contributed by atoms with E-state index in [1.54, 1.807) is 0 Å². The van der Waals surface area contributed by atoms with Crippen molar-refractivity contribution in [1.82, 2.24) is 3.11 Å². The van der Waals surface area contributed by atoms with Gasteiger partial charge in [-0.2, -0.15) is 0 Å². The minimum absolute atomic E-state index is 0.773. The highest BCUT2D eigenvalue weighted by Gasteiger charge is 2.41. The Hall–Kier alpha value is 0.690. The van der Waals surface area contributed by atoms with Crippen molar-refractivity contribution in [1.29, 1.82) is 0 Å². The first kappa shape index (κ1) is 11.2. The second-order valence-electron chi connectivity index (χ2n) is 5.68. The molecule has 0 aromatic heterocycles. The van der Waals surface area contributed by atoms with Crippen LogP contribution in [0.1, 0.15) is 46.0 Å². The summed E-state index contributed by atoms with van der Waals surface area (Å²) in [7, 11) is 0. The van der Waals surface area contributed by atoms with E-state index in [2.05, 4.69) is 39.8 Å². The fourth-order valence-electron chi connectivity index (χ4n) is 3.00. The second kappa shape index (κ2) is 4.28. The molecular weight excluding hydrogens is 285 g/mol. The Balaban J connectivity index is 2.03. The van der Waals surface area contributed by atoms with Crippen molar-refractivity contribution in [2.45, 2.75) is 46.0 Å². The zero-order valence-electron chi connectivity index (χ0n) is 9.43. The predicted molar refractivity (Wildman–Crippen MR) is 69.4 cm³/mol. The van der Waals surface area contributed by atoms with Crippen molar-refractivity contribution in [2.75, 3.05) is 13.1 Å². The summed E-state index contributed by atoms with van der Waals surface area (Å²) >= 11 is 2.52. The average molecular weight is 307 g/mol. The third-order valence-electron chi connectivity index (χ3n) is 4.37. The number of nitrogens with zero attached hydrogens (tertiary/aromatic N) is 1. The van der Waals surface area contributed by atoms with E-state index in [-0.39, 0.29) is 0 Å². The van der Waals surface area contributed by atoms with Gasteiger partial charge in [0.1, 0.15) is 0 Å². The van der Waals surface area contributed by atoms with Crippen LogP contribution in [-0.4, -0.2) is 16.2 Å². The van der Waals surface area contributed by atoms with E-state index in [9.17, 15) is 0 Å². The van der Waals surface area contributed by atoms with E-state index >= 15 is 0 Å². The first-order valence-electron chi connectivity index (χ1n) is 6.02. The third kappa shape index (κ3) is 2.26. The van der Waals surface area contributed by atoms with Crippen molar-refractivity contribution >= 4 is 22.9 Å². The Morgan fingerprint density at radius 2 is 2.00 bits per heavy atom. The van der Waals surface area contributed by atoms with E-state index < -0.39 is 0 Å². The molecule has 1 heterocycles. The molecule has 1 atom stereocenters. The fourth-order valence-corrected chi connectivity index (χ4v) is 3.75. The van der Waals surface area contributed by atoms with Crippen molar-refractivity contribution in [3.05, 3.63) is 0 Å². The maximum absolute atomic E-state index is 2.52. The van der Waals surface area contributed by atoms with Gasteiger partial charge in [0.25, 0.3) is 0 Å². The van der Waals surface area contributed by atoms with Crippen molar-refractivity contribution < 1.29 is 0 Å². The van der Waals surface area contributed by atoms with Crippen LogP contribution in [0.2, 0.25) is 0 Å². The molecule has 1 saturated carbocycles. The predicted octanol–water partition coefficient (Wildman–Crippen LogP) is 3.87. The molecule has 82 valence electrons. The zero-order chi connectivity index (χ0) is 10.2. The summed E-state index contributed by atoms with van der Waals surface area (Å²) < 4.78 is 2.52.